The van der Waals surface area contributed by atoms with Gasteiger partial charge >= 0.3 is 0 Å². The van der Waals surface area contributed by atoms with Gasteiger partial charge in [0.25, 0.3) is 0 Å². The van der Waals surface area contributed by atoms with E-state index in [4.69, 9.17) is 15.2 Å². The molecule has 0 heterocycles. The zero-order valence-electron chi connectivity index (χ0n) is 11.3. The molecule has 0 saturated heterocycles. The van der Waals surface area contributed by atoms with Gasteiger partial charge in [0.15, 0.2) is 11.5 Å². The Hall–Kier alpha value is -1.46. The summed E-state index contributed by atoms with van der Waals surface area (Å²) in [7, 11) is 1.60. The van der Waals surface area contributed by atoms with E-state index in [-0.39, 0.29) is 18.3 Å². The summed E-state index contributed by atoms with van der Waals surface area (Å²) in [5.41, 5.74) is 6.27. The molecule has 1 amide bonds. The zero-order chi connectivity index (χ0) is 13.4. The second-order valence-electron chi connectivity index (χ2n) is 3.73. The van der Waals surface area contributed by atoms with E-state index in [1.807, 2.05) is 25.1 Å². The predicted molar refractivity (Wildman–Crippen MR) is 76.9 cm³/mol. The van der Waals surface area contributed by atoms with Crippen LogP contribution in [0.25, 0.3) is 0 Å². The minimum atomic E-state index is -0.0497. The normalized spacial score (nSPS) is 9.42. The van der Waals surface area contributed by atoms with E-state index in [1.54, 1.807) is 7.11 Å². The molecule has 19 heavy (non-hydrogen) atoms. The fraction of sp³-hybridized carbons (Fsp3) is 0.462. The van der Waals surface area contributed by atoms with Crippen LogP contribution >= 0.6 is 12.4 Å². The van der Waals surface area contributed by atoms with E-state index in [0.29, 0.717) is 37.6 Å². The minimum absolute atomic E-state index is 0. The van der Waals surface area contributed by atoms with E-state index in [9.17, 15) is 4.79 Å². The van der Waals surface area contributed by atoms with Crippen LogP contribution in [-0.4, -0.2) is 26.2 Å². The quantitative estimate of drug-likeness (QED) is 0.797. The van der Waals surface area contributed by atoms with Gasteiger partial charge < -0.3 is 20.5 Å². The van der Waals surface area contributed by atoms with Gasteiger partial charge in [0.2, 0.25) is 5.91 Å². The van der Waals surface area contributed by atoms with Gasteiger partial charge in [-0.1, -0.05) is 6.07 Å². The highest BCUT2D eigenvalue weighted by Gasteiger charge is 2.06. The lowest BCUT2D eigenvalue weighted by atomic mass is 10.2. The van der Waals surface area contributed by atoms with Crippen molar-refractivity contribution in [2.45, 2.75) is 19.9 Å². The van der Waals surface area contributed by atoms with E-state index in [2.05, 4.69) is 5.32 Å². The van der Waals surface area contributed by atoms with Crippen LogP contribution in [0.4, 0.5) is 0 Å². The van der Waals surface area contributed by atoms with Crippen LogP contribution in [-0.2, 0) is 11.3 Å². The number of methoxy groups -OCH3 is 1. The lowest BCUT2D eigenvalue weighted by Gasteiger charge is -2.11. The summed E-state index contributed by atoms with van der Waals surface area (Å²) in [6.07, 6.45) is 0.342. The number of hydrogen-bond acceptors (Lipinski definition) is 4. The predicted octanol–water partition coefficient (Wildman–Crippen LogP) is 1.48. The summed E-state index contributed by atoms with van der Waals surface area (Å²) >= 11 is 0. The van der Waals surface area contributed by atoms with Crippen molar-refractivity contribution in [2.24, 2.45) is 5.73 Å². The Morgan fingerprint density at radius 3 is 2.68 bits per heavy atom. The lowest BCUT2D eigenvalue weighted by Crippen LogP contribution is -2.24. The second kappa shape index (κ2) is 9.47. The third-order valence-corrected chi connectivity index (χ3v) is 2.39. The van der Waals surface area contributed by atoms with Gasteiger partial charge in [0, 0.05) is 19.5 Å². The number of amides is 1. The van der Waals surface area contributed by atoms with Crippen LogP contribution in [0.5, 0.6) is 11.5 Å². The Kier molecular flexibility index (Phi) is 8.74. The van der Waals surface area contributed by atoms with Crippen molar-refractivity contribution >= 4 is 18.3 Å². The van der Waals surface area contributed by atoms with Crippen LogP contribution in [0.3, 0.4) is 0 Å². The maximum atomic E-state index is 11.3. The van der Waals surface area contributed by atoms with Gasteiger partial charge in [-0.25, -0.2) is 0 Å². The number of carbonyl (C=O) groups is 1. The summed E-state index contributed by atoms with van der Waals surface area (Å²) in [6, 6.07) is 5.59. The van der Waals surface area contributed by atoms with Crippen LogP contribution < -0.4 is 20.5 Å². The molecule has 1 aromatic carbocycles. The van der Waals surface area contributed by atoms with Crippen molar-refractivity contribution in [1.82, 2.24) is 5.32 Å². The molecule has 0 atom stereocenters. The molecule has 0 aromatic heterocycles. The molecule has 0 unspecified atom stereocenters. The highest BCUT2D eigenvalue weighted by Crippen LogP contribution is 2.27. The highest BCUT2D eigenvalue weighted by molar-refractivity contribution is 5.85. The van der Waals surface area contributed by atoms with Gasteiger partial charge in [-0.05, 0) is 24.6 Å². The average molecular weight is 289 g/mol. The number of rotatable bonds is 7. The molecule has 6 heteroatoms. The number of carbonyl (C=O) groups excluding carboxylic acids is 1. The van der Waals surface area contributed by atoms with E-state index in [0.717, 1.165) is 5.56 Å². The lowest BCUT2D eigenvalue weighted by molar-refractivity contribution is -0.121. The third kappa shape index (κ3) is 5.81. The summed E-state index contributed by atoms with van der Waals surface area (Å²) in [5, 5.41) is 2.79. The molecular weight excluding hydrogens is 268 g/mol. The zero-order valence-corrected chi connectivity index (χ0v) is 12.1. The second-order valence-corrected chi connectivity index (χ2v) is 3.73. The monoisotopic (exact) mass is 288 g/mol. The number of benzene rings is 1. The molecule has 5 nitrogen and oxygen atoms in total. The number of ether oxygens (including phenoxy) is 2. The van der Waals surface area contributed by atoms with Crippen LogP contribution in [0, 0.1) is 0 Å². The molecule has 0 spiro atoms. The summed E-state index contributed by atoms with van der Waals surface area (Å²) in [4.78, 5) is 11.3. The third-order valence-electron chi connectivity index (χ3n) is 2.39. The molecule has 0 aliphatic rings. The van der Waals surface area contributed by atoms with Crippen molar-refractivity contribution in [3.63, 3.8) is 0 Å². The summed E-state index contributed by atoms with van der Waals surface area (Å²) in [6.45, 7) is 3.30. The molecule has 3 N–H and O–H groups in total. The molecule has 1 rings (SSSR count). The fourth-order valence-corrected chi connectivity index (χ4v) is 1.52. The molecule has 0 saturated carbocycles. The topological polar surface area (TPSA) is 73.6 Å². The first-order chi connectivity index (χ1) is 8.71. The Balaban J connectivity index is 0.00000324. The van der Waals surface area contributed by atoms with E-state index >= 15 is 0 Å². The van der Waals surface area contributed by atoms with Gasteiger partial charge in [0.1, 0.15) is 0 Å². The Bertz CT molecular complexity index is 399. The number of nitrogens with two attached hydrogens (primary N) is 1. The number of hydrogen-bond donors (Lipinski definition) is 2. The summed E-state index contributed by atoms with van der Waals surface area (Å²) < 4.78 is 10.7. The summed E-state index contributed by atoms with van der Waals surface area (Å²) in [5.74, 6) is 1.32. The molecule has 0 aliphatic carbocycles. The van der Waals surface area contributed by atoms with Crippen LogP contribution in [0.15, 0.2) is 18.2 Å². The first-order valence-corrected chi connectivity index (χ1v) is 5.97. The largest absolute Gasteiger partial charge is 0.493 e. The van der Waals surface area contributed by atoms with Crippen molar-refractivity contribution in [1.29, 1.82) is 0 Å². The van der Waals surface area contributed by atoms with Crippen molar-refractivity contribution < 1.29 is 14.3 Å². The maximum Gasteiger partial charge on any atom is 0.221 e. The van der Waals surface area contributed by atoms with Crippen molar-refractivity contribution in [3.8, 4) is 11.5 Å². The molecular formula is C13H21ClN2O3. The van der Waals surface area contributed by atoms with Crippen LogP contribution in [0.2, 0.25) is 0 Å². The van der Waals surface area contributed by atoms with Gasteiger partial charge in [0.05, 0.1) is 13.7 Å². The molecule has 108 valence electrons. The first kappa shape index (κ1) is 17.5. The van der Waals surface area contributed by atoms with E-state index < -0.39 is 0 Å². The SMILES string of the molecule is CCOc1cc(CNC(=O)CCN)ccc1OC.Cl. The van der Waals surface area contributed by atoms with Crippen molar-refractivity contribution in [3.05, 3.63) is 23.8 Å². The minimum Gasteiger partial charge on any atom is -0.493 e. The van der Waals surface area contributed by atoms with Gasteiger partial charge in [-0.15, -0.1) is 12.4 Å². The first-order valence-electron chi connectivity index (χ1n) is 5.97. The Morgan fingerprint density at radius 1 is 1.37 bits per heavy atom. The number of nitrogens with one attached hydrogen (secondary N) is 1. The Labute approximate surface area is 119 Å². The molecule has 0 aliphatic heterocycles. The Morgan fingerprint density at radius 2 is 2.11 bits per heavy atom. The van der Waals surface area contributed by atoms with Gasteiger partial charge in [-0.3, -0.25) is 4.79 Å². The van der Waals surface area contributed by atoms with Gasteiger partial charge in [-0.2, -0.15) is 0 Å². The molecule has 0 fully saturated rings. The number of halogens is 1. The van der Waals surface area contributed by atoms with E-state index in [1.165, 1.54) is 0 Å². The molecule has 0 radical (unpaired) electrons. The highest BCUT2D eigenvalue weighted by atomic mass is 35.5. The maximum absolute atomic E-state index is 11.3. The fourth-order valence-electron chi connectivity index (χ4n) is 1.52. The standard InChI is InChI=1S/C13H20N2O3.ClH/c1-3-18-12-8-10(4-5-11(12)17-2)9-15-13(16)6-7-14;/h4-5,8H,3,6-7,9,14H2,1-2H3,(H,15,16);1H. The molecule has 1 aromatic rings. The average Bonchev–Trinajstić information content (AvgIpc) is 2.37. The molecule has 0 bridgehead atoms. The van der Waals surface area contributed by atoms with Crippen molar-refractivity contribution in [2.75, 3.05) is 20.3 Å². The van der Waals surface area contributed by atoms with Crippen LogP contribution in [0.1, 0.15) is 18.9 Å². The smallest absolute Gasteiger partial charge is 0.221 e.